The molecule has 0 radical (unpaired) electrons. The zero-order valence-electron chi connectivity index (χ0n) is 24.5. The second kappa shape index (κ2) is 13.9. The lowest BCUT2D eigenvalue weighted by Crippen LogP contribution is -2.50. The van der Waals surface area contributed by atoms with Crippen LogP contribution in [0, 0.1) is 11.7 Å². The number of carbonyl (C=O) groups excluding carboxylic acids is 3. The van der Waals surface area contributed by atoms with Gasteiger partial charge in [0.1, 0.15) is 17.7 Å². The molecule has 0 saturated heterocycles. The van der Waals surface area contributed by atoms with Crippen LogP contribution in [0.5, 0.6) is 11.5 Å². The highest BCUT2D eigenvalue weighted by Crippen LogP contribution is 2.35. The number of hydrogen-bond donors (Lipinski definition) is 4. The van der Waals surface area contributed by atoms with Gasteiger partial charge in [0.25, 0.3) is 5.91 Å². The summed E-state index contributed by atoms with van der Waals surface area (Å²) in [4.78, 5) is 42.6. The number of likely N-dealkylation sites (N-methyl/N-ethyl adjacent to an activating group) is 1. The molecule has 228 valence electrons. The summed E-state index contributed by atoms with van der Waals surface area (Å²) in [6.45, 7) is 3.80. The number of urea groups is 2. The lowest BCUT2D eigenvalue weighted by molar-refractivity contribution is 0.0373. The van der Waals surface area contributed by atoms with Gasteiger partial charge in [0.05, 0.1) is 37.6 Å². The van der Waals surface area contributed by atoms with Crippen LogP contribution in [0.3, 0.4) is 0 Å². The van der Waals surface area contributed by atoms with Crippen molar-refractivity contribution in [1.82, 2.24) is 9.80 Å². The molecule has 3 atom stereocenters. The van der Waals surface area contributed by atoms with Crippen molar-refractivity contribution in [2.75, 3.05) is 49.8 Å². The lowest BCUT2D eigenvalue weighted by atomic mass is 9.99. The van der Waals surface area contributed by atoms with Crippen LogP contribution in [-0.4, -0.2) is 78.9 Å². The van der Waals surface area contributed by atoms with Gasteiger partial charge in [-0.3, -0.25) is 4.79 Å². The van der Waals surface area contributed by atoms with E-state index < -0.39 is 24.0 Å². The van der Waals surface area contributed by atoms with Gasteiger partial charge in [-0.15, -0.1) is 0 Å². The number of aliphatic hydroxyl groups excluding tert-OH is 1. The average molecular weight is 594 g/mol. The Morgan fingerprint density at radius 3 is 2.37 bits per heavy atom. The Balaban J connectivity index is 1.59. The molecule has 0 fully saturated rings. The molecule has 1 aliphatic heterocycles. The maximum absolute atomic E-state index is 13.7. The summed E-state index contributed by atoms with van der Waals surface area (Å²) >= 11 is 0. The quantitative estimate of drug-likeness (QED) is 0.295. The molecular formula is C31H36FN5O6. The molecule has 0 saturated carbocycles. The van der Waals surface area contributed by atoms with Crippen molar-refractivity contribution >= 4 is 35.0 Å². The van der Waals surface area contributed by atoms with Gasteiger partial charge in [-0.1, -0.05) is 13.0 Å². The van der Waals surface area contributed by atoms with Gasteiger partial charge in [0.15, 0.2) is 5.75 Å². The number of fused-ring (bicyclic) bond motifs is 1. The zero-order chi connectivity index (χ0) is 31.1. The van der Waals surface area contributed by atoms with E-state index in [1.54, 1.807) is 68.4 Å². The minimum absolute atomic E-state index is 0.136. The molecule has 0 aromatic heterocycles. The standard InChI is InChI=1S/C31H36FN5O6/c1-19-16-37(20(2)18-38)29(39)25-6-5-7-26(35-30(40)33-22-10-8-21(32)9-11-22)28(25)43-27(19)17-36(3)31(41)34-23-12-14-24(42-4)15-13-23/h5-15,19-20,27,38H,16-18H2,1-4H3,(H,34,41)(H2,33,35,40)/t19-,20+,27+/m0/s1. The van der Waals surface area contributed by atoms with Crippen LogP contribution in [0.15, 0.2) is 66.7 Å². The van der Waals surface area contributed by atoms with E-state index >= 15 is 0 Å². The molecule has 4 rings (SSSR count). The maximum Gasteiger partial charge on any atom is 0.323 e. The normalized spacial score (nSPS) is 17.0. The highest BCUT2D eigenvalue weighted by Gasteiger charge is 2.35. The van der Waals surface area contributed by atoms with E-state index in [1.807, 2.05) is 6.92 Å². The number of halogens is 1. The molecule has 12 heteroatoms. The summed E-state index contributed by atoms with van der Waals surface area (Å²) in [5.41, 5.74) is 1.38. The fraction of sp³-hybridized carbons (Fsp3) is 0.323. The summed E-state index contributed by atoms with van der Waals surface area (Å²) in [5, 5.41) is 18.1. The van der Waals surface area contributed by atoms with Crippen LogP contribution < -0.4 is 25.4 Å². The van der Waals surface area contributed by atoms with Crippen molar-refractivity contribution in [1.29, 1.82) is 0 Å². The Bertz CT molecular complexity index is 1440. The monoisotopic (exact) mass is 593 g/mol. The molecule has 3 aromatic rings. The fourth-order valence-corrected chi connectivity index (χ4v) is 4.62. The minimum atomic E-state index is -0.626. The largest absolute Gasteiger partial charge is 0.497 e. The second-order valence-corrected chi connectivity index (χ2v) is 10.4. The summed E-state index contributed by atoms with van der Waals surface area (Å²) in [6.07, 6.45) is -0.602. The minimum Gasteiger partial charge on any atom is -0.497 e. The predicted octanol–water partition coefficient (Wildman–Crippen LogP) is 4.86. The Morgan fingerprint density at radius 1 is 1.07 bits per heavy atom. The van der Waals surface area contributed by atoms with Crippen molar-refractivity contribution in [2.24, 2.45) is 5.92 Å². The SMILES string of the molecule is COc1ccc(NC(=O)N(C)C[C@H]2Oc3c(NC(=O)Nc4ccc(F)cc4)cccc3C(=O)N([C@H](C)CO)C[C@@H]2C)cc1. The van der Waals surface area contributed by atoms with E-state index in [-0.39, 0.29) is 54.6 Å². The first-order chi connectivity index (χ1) is 20.6. The molecule has 5 amide bonds. The summed E-state index contributed by atoms with van der Waals surface area (Å²) in [6, 6.07) is 15.5. The second-order valence-electron chi connectivity index (χ2n) is 10.4. The van der Waals surface area contributed by atoms with Crippen molar-refractivity contribution in [2.45, 2.75) is 26.0 Å². The molecule has 4 N–H and O–H groups in total. The molecule has 0 aliphatic carbocycles. The Kier molecular flexibility index (Phi) is 10.0. The van der Waals surface area contributed by atoms with Crippen LogP contribution in [0.1, 0.15) is 24.2 Å². The van der Waals surface area contributed by atoms with Gasteiger partial charge >= 0.3 is 12.1 Å². The first-order valence-electron chi connectivity index (χ1n) is 13.8. The third-order valence-corrected chi connectivity index (χ3v) is 7.18. The number of nitrogens with one attached hydrogen (secondary N) is 3. The van der Waals surface area contributed by atoms with Crippen LogP contribution in [0.2, 0.25) is 0 Å². The zero-order valence-corrected chi connectivity index (χ0v) is 24.5. The van der Waals surface area contributed by atoms with Crippen molar-refractivity contribution in [3.05, 3.63) is 78.1 Å². The van der Waals surface area contributed by atoms with E-state index in [0.29, 0.717) is 17.1 Å². The van der Waals surface area contributed by atoms with Gasteiger partial charge in [0.2, 0.25) is 0 Å². The number of benzene rings is 3. The van der Waals surface area contributed by atoms with E-state index in [9.17, 15) is 23.9 Å². The molecule has 0 unspecified atom stereocenters. The Labute approximate surface area is 249 Å². The number of hydrogen-bond acceptors (Lipinski definition) is 6. The van der Waals surface area contributed by atoms with Gasteiger partial charge in [-0.05, 0) is 67.6 Å². The van der Waals surface area contributed by atoms with E-state index in [2.05, 4.69) is 16.0 Å². The van der Waals surface area contributed by atoms with Crippen LogP contribution in [0.4, 0.5) is 31.0 Å². The molecule has 43 heavy (non-hydrogen) atoms. The number of anilines is 3. The molecule has 1 heterocycles. The van der Waals surface area contributed by atoms with Crippen LogP contribution in [0.25, 0.3) is 0 Å². The van der Waals surface area contributed by atoms with Crippen molar-refractivity contribution in [3.63, 3.8) is 0 Å². The average Bonchev–Trinajstić information content (AvgIpc) is 3.00. The predicted molar refractivity (Wildman–Crippen MR) is 161 cm³/mol. The van der Waals surface area contributed by atoms with Gasteiger partial charge in [-0.25, -0.2) is 14.0 Å². The number of aliphatic hydroxyl groups is 1. The molecule has 1 aliphatic rings. The number of para-hydroxylation sites is 1. The Hall–Kier alpha value is -4.84. The molecule has 3 aromatic carbocycles. The van der Waals surface area contributed by atoms with Gasteiger partial charge < -0.3 is 40.3 Å². The van der Waals surface area contributed by atoms with Gasteiger partial charge in [0, 0.05) is 30.9 Å². The van der Waals surface area contributed by atoms with Crippen LogP contribution >= 0.6 is 0 Å². The van der Waals surface area contributed by atoms with Gasteiger partial charge in [-0.2, -0.15) is 0 Å². The van der Waals surface area contributed by atoms with E-state index in [4.69, 9.17) is 9.47 Å². The first kappa shape index (κ1) is 31.1. The van der Waals surface area contributed by atoms with Crippen LogP contribution in [-0.2, 0) is 0 Å². The number of amides is 5. The highest BCUT2D eigenvalue weighted by molar-refractivity contribution is 6.04. The topological polar surface area (TPSA) is 132 Å². The summed E-state index contributed by atoms with van der Waals surface area (Å²) < 4.78 is 24.9. The number of methoxy groups -OCH3 is 1. The molecule has 0 bridgehead atoms. The molecular weight excluding hydrogens is 557 g/mol. The number of ether oxygens (including phenoxy) is 2. The number of nitrogens with zero attached hydrogens (tertiary/aromatic N) is 2. The molecule has 11 nitrogen and oxygen atoms in total. The summed E-state index contributed by atoms with van der Waals surface area (Å²) in [5.74, 6) is -0.281. The van der Waals surface area contributed by atoms with Crippen molar-refractivity contribution < 1.29 is 33.4 Å². The van der Waals surface area contributed by atoms with E-state index in [0.717, 1.165) is 0 Å². The molecule has 0 spiro atoms. The fourth-order valence-electron chi connectivity index (χ4n) is 4.62. The number of rotatable bonds is 8. The lowest BCUT2D eigenvalue weighted by Gasteiger charge is -2.38. The third kappa shape index (κ3) is 7.72. The first-order valence-corrected chi connectivity index (χ1v) is 13.8. The third-order valence-electron chi connectivity index (χ3n) is 7.18. The number of carbonyl (C=O) groups is 3. The van der Waals surface area contributed by atoms with Crippen molar-refractivity contribution in [3.8, 4) is 11.5 Å². The maximum atomic E-state index is 13.7. The summed E-state index contributed by atoms with van der Waals surface area (Å²) in [7, 11) is 3.19. The Morgan fingerprint density at radius 2 is 1.72 bits per heavy atom. The highest BCUT2D eigenvalue weighted by atomic mass is 19.1. The smallest absolute Gasteiger partial charge is 0.323 e. The van der Waals surface area contributed by atoms with E-state index in [1.165, 1.54) is 29.2 Å².